The molecule has 96 valence electrons. The zero-order valence-electron chi connectivity index (χ0n) is 11.3. The Kier molecular flexibility index (Phi) is 4.19. The normalized spacial score (nSPS) is 17.4. The molecule has 0 radical (unpaired) electrons. The predicted octanol–water partition coefficient (Wildman–Crippen LogP) is 3.43. The van der Waals surface area contributed by atoms with Crippen LogP contribution in [0.15, 0.2) is 36.0 Å². The van der Waals surface area contributed by atoms with Crippen molar-refractivity contribution in [1.82, 2.24) is 4.90 Å². The fourth-order valence-electron chi connectivity index (χ4n) is 2.47. The maximum atomic E-state index is 12.5. The van der Waals surface area contributed by atoms with Gasteiger partial charge in [0, 0.05) is 30.4 Å². The van der Waals surface area contributed by atoms with Crippen LogP contribution in [0.3, 0.4) is 0 Å². The van der Waals surface area contributed by atoms with Gasteiger partial charge in [0.25, 0.3) is 0 Å². The second-order valence-corrected chi connectivity index (χ2v) is 4.72. The monoisotopic (exact) mass is 243 g/mol. The van der Waals surface area contributed by atoms with Crippen molar-refractivity contribution in [1.29, 1.82) is 0 Å². The number of benzene rings is 1. The summed E-state index contributed by atoms with van der Waals surface area (Å²) in [7, 11) is 0. The fraction of sp³-hybridized carbons (Fsp3) is 0.438. The topological polar surface area (TPSA) is 20.3 Å². The van der Waals surface area contributed by atoms with Crippen LogP contribution in [-0.4, -0.2) is 23.8 Å². The van der Waals surface area contributed by atoms with Gasteiger partial charge in [-0.25, -0.2) is 0 Å². The van der Waals surface area contributed by atoms with Gasteiger partial charge in [0.15, 0.2) is 5.78 Å². The van der Waals surface area contributed by atoms with Gasteiger partial charge >= 0.3 is 0 Å². The number of fused-ring (bicyclic) bond motifs is 1. The van der Waals surface area contributed by atoms with E-state index in [1.54, 1.807) is 0 Å². The molecule has 2 rings (SSSR count). The maximum absolute atomic E-state index is 12.5. The predicted molar refractivity (Wildman–Crippen MR) is 74.7 cm³/mol. The van der Waals surface area contributed by atoms with Crippen LogP contribution in [0.2, 0.25) is 0 Å². The van der Waals surface area contributed by atoms with Crippen molar-refractivity contribution in [2.45, 2.75) is 33.1 Å². The molecule has 1 aliphatic carbocycles. The first-order chi connectivity index (χ1) is 8.76. The van der Waals surface area contributed by atoms with Crippen LogP contribution in [0.1, 0.15) is 42.6 Å². The number of hydrogen-bond acceptors (Lipinski definition) is 2. The summed E-state index contributed by atoms with van der Waals surface area (Å²) in [4.78, 5) is 14.7. The van der Waals surface area contributed by atoms with Crippen molar-refractivity contribution in [2.24, 2.45) is 0 Å². The molecular weight excluding hydrogens is 222 g/mol. The number of allylic oxidation sites excluding steroid dienone is 1. The van der Waals surface area contributed by atoms with E-state index < -0.39 is 0 Å². The number of ketones is 1. The highest BCUT2D eigenvalue weighted by Crippen LogP contribution is 2.24. The second kappa shape index (κ2) is 5.85. The first kappa shape index (κ1) is 12.9. The molecule has 1 aromatic rings. The lowest BCUT2D eigenvalue weighted by Crippen LogP contribution is -2.18. The van der Waals surface area contributed by atoms with Crippen LogP contribution in [0, 0.1) is 0 Å². The average molecular weight is 243 g/mol. The van der Waals surface area contributed by atoms with Crippen molar-refractivity contribution in [3.63, 3.8) is 0 Å². The summed E-state index contributed by atoms with van der Waals surface area (Å²) < 4.78 is 0. The molecule has 0 aliphatic heterocycles. The SMILES string of the molecule is CCN(/C=C1\CCCc2ccccc2C1=O)CC. The smallest absolute Gasteiger partial charge is 0.190 e. The molecule has 18 heavy (non-hydrogen) atoms. The van der Waals surface area contributed by atoms with Gasteiger partial charge in [0.1, 0.15) is 0 Å². The van der Waals surface area contributed by atoms with Gasteiger partial charge in [-0.3, -0.25) is 4.79 Å². The lowest BCUT2D eigenvalue weighted by Gasteiger charge is -2.17. The van der Waals surface area contributed by atoms with Gasteiger partial charge in [-0.15, -0.1) is 0 Å². The van der Waals surface area contributed by atoms with Crippen molar-refractivity contribution in [3.05, 3.63) is 47.2 Å². The molecule has 0 heterocycles. The van der Waals surface area contributed by atoms with Crippen LogP contribution in [0.5, 0.6) is 0 Å². The Hall–Kier alpha value is -1.57. The van der Waals surface area contributed by atoms with Crippen LogP contribution >= 0.6 is 0 Å². The maximum Gasteiger partial charge on any atom is 0.190 e. The van der Waals surface area contributed by atoms with E-state index in [1.807, 2.05) is 18.2 Å². The Labute approximate surface area is 109 Å². The Morgan fingerprint density at radius 3 is 2.61 bits per heavy atom. The summed E-state index contributed by atoms with van der Waals surface area (Å²) in [6.07, 6.45) is 5.03. The zero-order valence-corrected chi connectivity index (χ0v) is 11.3. The zero-order chi connectivity index (χ0) is 13.0. The molecule has 2 nitrogen and oxygen atoms in total. The highest BCUT2D eigenvalue weighted by atomic mass is 16.1. The number of aryl methyl sites for hydroxylation is 1. The molecular formula is C16H21NO. The summed E-state index contributed by atoms with van der Waals surface area (Å²) >= 11 is 0. The summed E-state index contributed by atoms with van der Waals surface area (Å²) in [5.41, 5.74) is 3.06. The van der Waals surface area contributed by atoms with E-state index in [0.717, 1.165) is 43.5 Å². The minimum Gasteiger partial charge on any atom is -0.378 e. The fourth-order valence-corrected chi connectivity index (χ4v) is 2.47. The molecule has 0 saturated carbocycles. The van der Waals surface area contributed by atoms with Gasteiger partial charge in [0.2, 0.25) is 0 Å². The summed E-state index contributed by atoms with van der Waals surface area (Å²) in [5.74, 6) is 0.218. The van der Waals surface area contributed by atoms with Gasteiger partial charge < -0.3 is 4.90 Å². The van der Waals surface area contributed by atoms with Crippen LogP contribution in [0.25, 0.3) is 0 Å². The van der Waals surface area contributed by atoms with Gasteiger partial charge in [-0.2, -0.15) is 0 Å². The molecule has 0 unspecified atom stereocenters. The number of hydrogen-bond donors (Lipinski definition) is 0. The minimum absolute atomic E-state index is 0.218. The molecule has 1 aliphatic rings. The third-order valence-corrected chi connectivity index (χ3v) is 3.60. The van der Waals surface area contributed by atoms with Gasteiger partial charge in [0.05, 0.1) is 0 Å². The molecule has 0 spiro atoms. The largest absolute Gasteiger partial charge is 0.378 e. The Bertz CT molecular complexity index is 458. The number of carbonyl (C=O) groups is 1. The average Bonchev–Trinajstić information content (AvgIpc) is 2.56. The summed E-state index contributed by atoms with van der Waals surface area (Å²) in [6, 6.07) is 8.01. The minimum atomic E-state index is 0.218. The third-order valence-electron chi connectivity index (χ3n) is 3.60. The molecule has 1 aromatic carbocycles. The van der Waals surface area contributed by atoms with Crippen molar-refractivity contribution >= 4 is 5.78 Å². The molecule has 0 N–H and O–H groups in total. The van der Waals surface area contributed by atoms with Crippen molar-refractivity contribution < 1.29 is 4.79 Å². The van der Waals surface area contributed by atoms with Gasteiger partial charge in [-0.1, -0.05) is 24.3 Å². The quantitative estimate of drug-likeness (QED) is 0.599. The molecule has 2 heteroatoms. The molecule has 0 atom stereocenters. The van der Waals surface area contributed by atoms with E-state index in [0.29, 0.717) is 0 Å². The summed E-state index contributed by atoms with van der Waals surface area (Å²) in [5, 5.41) is 0. The molecule has 0 fully saturated rings. The van der Waals surface area contributed by atoms with E-state index in [-0.39, 0.29) is 5.78 Å². The number of nitrogens with zero attached hydrogens (tertiary/aromatic N) is 1. The lowest BCUT2D eigenvalue weighted by atomic mass is 10.0. The van der Waals surface area contributed by atoms with Gasteiger partial charge in [-0.05, 0) is 38.7 Å². The summed E-state index contributed by atoms with van der Waals surface area (Å²) in [6.45, 7) is 6.15. The molecule has 0 aromatic heterocycles. The Balaban J connectivity index is 2.33. The molecule has 0 amide bonds. The second-order valence-electron chi connectivity index (χ2n) is 4.72. The van der Waals surface area contributed by atoms with E-state index in [1.165, 1.54) is 5.56 Å². The number of rotatable bonds is 3. The highest BCUT2D eigenvalue weighted by Gasteiger charge is 2.19. The standard InChI is InChI=1S/C16H21NO/c1-3-17(4-2)12-14-10-7-9-13-8-5-6-11-15(13)16(14)18/h5-6,8,11-12H,3-4,7,9-10H2,1-2H3/b14-12+. The van der Waals surface area contributed by atoms with Crippen LogP contribution in [-0.2, 0) is 6.42 Å². The van der Waals surface area contributed by atoms with E-state index in [9.17, 15) is 4.79 Å². The van der Waals surface area contributed by atoms with E-state index in [4.69, 9.17) is 0 Å². The van der Waals surface area contributed by atoms with Crippen molar-refractivity contribution in [2.75, 3.05) is 13.1 Å². The first-order valence-electron chi connectivity index (χ1n) is 6.83. The van der Waals surface area contributed by atoms with Crippen LogP contribution in [0.4, 0.5) is 0 Å². The highest BCUT2D eigenvalue weighted by molar-refractivity contribution is 6.09. The molecule has 0 bridgehead atoms. The van der Waals surface area contributed by atoms with E-state index in [2.05, 4.69) is 31.0 Å². The number of Topliss-reactive ketones (excluding diaryl/α,β-unsaturated/α-hetero) is 1. The third kappa shape index (κ3) is 2.63. The molecule has 0 saturated heterocycles. The lowest BCUT2D eigenvalue weighted by molar-refractivity contribution is 0.102. The van der Waals surface area contributed by atoms with Crippen molar-refractivity contribution in [3.8, 4) is 0 Å². The van der Waals surface area contributed by atoms with Crippen LogP contribution < -0.4 is 0 Å². The number of carbonyl (C=O) groups excluding carboxylic acids is 1. The van der Waals surface area contributed by atoms with E-state index >= 15 is 0 Å². The Morgan fingerprint density at radius 2 is 1.89 bits per heavy atom. The first-order valence-corrected chi connectivity index (χ1v) is 6.83. The Morgan fingerprint density at radius 1 is 1.17 bits per heavy atom.